The number of carbonyl (C=O) groups excluding carboxylic acids is 1. The van der Waals surface area contributed by atoms with Gasteiger partial charge in [-0.2, -0.15) is 0 Å². The number of likely N-dealkylation sites (tertiary alicyclic amines) is 1. The quantitative estimate of drug-likeness (QED) is 0.887. The van der Waals surface area contributed by atoms with E-state index in [1.807, 2.05) is 0 Å². The molecule has 1 aliphatic rings. The molecular formula is C13H12FN3O3. The number of fused-ring (bicyclic) bond motifs is 1. The number of hydrogen-bond donors (Lipinski definition) is 1. The van der Waals surface area contributed by atoms with Crippen molar-refractivity contribution in [3.8, 4) is 0 Å². The van der Waals surface area contributed by atoms with Crippen LogP contribution in [-0.4, -0.2) is 50.0 Å². The first-order chi connectivity index (χ1) is 9.49. The summed E-state index contributed by atoms with van der Waals surface area (Å²) in [6.45, 7) is -0.313. The highest BCUT2D eigenvalue weighted by Gasteiger charge is 2.47. The number of aromatic nitrogens is 2. The molecule has 0 aliphatic carbocycles. The number of carboxylic acids is 1. The molecule has 0 aromatic carbocycles. The standard InChI is InChI=1S/C13H12FN3O3/c14-13(12(19)20)3-5-17(8-13)11(18)9-1-2-10-15-4-6-16(10)7-9/h1-2,4,6-7H,3,5,8H2,(H,19,20). The van der Waals surface area contributed by atoms with Crippen molar-refractivity contribution in [3.05, 3.63) is 36.3 Å². The number of halogens is 1. The molecule has 6 nitrogen and oxygen atoms in total. The third-order valence-corrected chi connectivity index (χ3v) is 3.53. The number of nitrogens with zero attached hydrogens (tertiary/aromatic N) is 3. The van der Waals surface area contributed by atoms with Crippen molar-refractivity contribution < 1.29 is 19.1 Å². The fraction of sp³-hybridized carbons (Fsp3) is 0.308. The number of imidazole rings is 1. The Labute approximate surface area is 113 Å². The van der Waals surface area contributed by atoms with Crippen molar-refractivity contribution in [2.45, 2.75) is 12.1 Å². The molecule has 1 aliphatic heterocycles. The second-order valence-electron chi connectivity index (χ2n) is 4.86. The topological polar surface area (TPSA) is 74.9 Å². The first kappa shape index (κ1) is 12.6. The lowest BCUT2D eigenvalue weighted by molar-refractivity contribution is -0.149. The molecule has 2 aromatic heterocycles. The van der Waals surface area contributed by atoms with Crippen molar-refractivity contribution in [2.24, 2.45) is 0 Å². The van der Waals surface area contributed by atoms with Crippen molar-refractivity contribution in [1.29, 1.82) is 0 Å². The summed E-state index contributed by atoms with van der Waals surface area (Å²) in [7, 11) is 0. The summed E-state index contributed by atoms with van der Waals surface area (Å²) < 4.78 is 15.6. The summed E-state index contributed by atoms with van der Waals surface area (Å²) in [6, 6.07) is 3.28. The zero-order valence-electron chi connectivity index (χ0n) is 10.5. The van der Waals surface area contributed by atoms with E-state index >= 15 is 0 Å². The minimum absolute atomic E-state index is 0.101. The largest absolute Gasteiger partial charge is 0.479 e. The molecular weight excluding hydrogens is 265 g/mol. The summed E-state index contributed by atoms with van der Waals surface area (Å²) >= 11 is 0. The SMILES string of the molecule is O=C(c1ccc2nccn2c1)N1CCC(F)(C(=O)O)C1. The van der Waals surface area contributed by atoms with Crippen LogP contribution in [0, 0.1) is 0 Å². The maximum atomic E-state index is 14.0. The lowest BCUT2D eigenvalue weighted by atomic mass is 10.1. The molecule has 1 N–H and O–H groups in total. The number of alkyl halides is 1. The first-order valence-corrected chi connectivity index (χ1v) is 6.14. The predicted molar refractivity (Wildman–Crippen MR) is 67.2 cm³/mol. The molecule has 0 spiro atoms. The van der Waals surface area contributed by atoms with Crippen molar-refractivity contribution in [1.82, 2.24) is 14.3 Å². The van der Waals surface area contributed by atoms with E-state index in [4.69, 9.17) is 5.11 Å². The smallest absolute Gasteiger partial charge is 0.343 e. The van der Waals surface area contributed by atoms with Crippen LogP contribution in [0.25, 0.3) is 5.65 Å². The van der Waals surface area contributed by atoms with Gasteiger partial charge in [0, 0.05) is 31.6 Å². The van der Waals surface area contributed by atoms with Crippen LogP contribution in [0.4, 0.5) is 4.39 Å². The zero-order chi connectivity index (χ0) is 14.3. The van der Waals surface area contributed by atoms with Gasteiger partial charge in [-0.25, -0.2) is 14.2 Å². The number of amides is 1. The molecule has 20 heavy (non-hydrogen) atoms. The summed E-state index contributed by atoms with van der Waals surface area (Å²) in [6.07, 6.45) is 4.73. The van der Waals surface area contributed by atoms with Gasteiger partial charge in [-0.1, -0.05) is 0 Å². The van der Waals surface area contributed by atoms with Crippen LogP contribution in [0.2, 0.25) is 0 Å². The van der Waals surface area contributed by atoms with Gasteiger partial charge in [0.05, 0.1) is 12.1 Å². The maximum Gasteiger partial charge on any atom is 0.343 e. The number of rotatable bonds is 2. The Morgan fingerprint density at radius 2 is 2.20 bits per heavy atom. The van der Waals surface area contributed by atoms with Gasteiger partial charge in [0.15, 0.2) is 0 Å². The van der Waals surface area contributed by atoms with Crippen LogP contribution in [0.15, 0.2) is 30.7 Å². The normalized spacial score (nSPS) is 22.4. The summed E-state index contributed by atoms with van der Waals surface area (Å²) in [5.74, 6) is -1.89. The molecule has 1 unspecified atom stereocenters. The Morgan fingerprint density at radius 3 is 2.90 bits per heavy atom. The number of pyridine rings is 1. The molecule has 1 amide bonds. The number of carbonyl (C=O) groups is 2. The highest BCUT2D eigenvalue weighted by atomic mass is 19.1. The van der Waals surface area contributed by atoms with E-state index in [-0.39, 0.29) is 18.9 Å². The number of aliphatic carboxylic acids is 1. The lowest BCUT2D eigenvalue weighted by Crippen LogP contribution is -2.38. The van der Waals surface area contributed by atoms with Crippen LogP contribution in [0.1, 0.15) is 16.8 Å². The van der Waals surface area contributed by atoms with Gasteiger partial charge in [0.1, 0.15) is 5.65 Å². The third-order valence-electron chi connectivity index (χ3n) is 3.53. The molecule has 0 bridgehead atoms. The van der Waals surface area contributed by atoms with Gasteiger partial charge in [-0.3, -0.25) is 4.79 Å². The number of carboxylic acid groups (broad SMARTS) is 1. The van der Waals surface area contributed by atoms with E-state index < -0.39 is 18.2 Å². The van der Waals surface area contributed by atoms with Gasteiger partial charge in [-0.05, 0) is 12.1 Å². The average molecular weight is 277 g/mol. The van der Waals surface area contributed by atoms with Gasteiger partial charge in [0.2, 0.25) is 5.67 Å². The van der Waals surface area contributed by atoms with E-state index in [9.17, 15) is 14.0 Å². The first-order valence-electron chi connectivity index (χ1n) is 6.14. The molecule has 3 rings (SSSR count). The zero-order valence-corrected chi connectivity index (χ0v) is 10.5. The van der Waals surface area contributed by atoms with Crippen molar-refractivity contribution in [2.75, 3.05) is 13.1 Å². The van der Waals surface area contributed by atoms with E-state index in [2.05, 4.69) is 4.98 Å². The Hall–Kier alpha value is -2.44. The Kier molecular flexibility index (Phi) is 2.70. The average Bonchev–Trinajstić information content (AvgIpc) is 3.04. The third kappa shape index (κ3) is 1.91. The van der Waals surface area contributed by atoms with Crippen LogP contribution in [-0.2, 0) is 4.79 Å². The Bertz CT molecular complexity index is 699. The molecule has 1 saturated heterocycles. The molecule has 104 valence electrons. The van der Waals surface area contributed by atoms with Crippen LogP contribution >= 0.6 is 0 Å². The highest BCUT2D eigenvalue weighted by Crippen LogP contribution is 2.27. The van der Waals surface area contributed by atoms with Crippen LogP contribution in [0.3, 0.4) is 0 Å². The van der Waals surface area contributed by atoms with E-state index in [1.165, 1.54) is 4.90 Å². The van der Waals surface area contributed by atoms with E-state index in [1.54, 1.807) is 35.1 Å². The fourth-order valence-electron chi connectivity index (χ4n) is 2.35. The summed E-state index contributed by atoms with van der Waals surface area (Å²) in [4.78, 5) is 28.4. The van der Waals surface area contributed by atoms with Gasteiger partial charge >= 0.3 is 5.97 Å². The molecule has 0 radical (unpaired) electrons. The molecule has 1 fully saturated rings. The second-order valence-corrected chi connectivity index (χ2v) is 4.86. The monoisotopic (exact) mass is 277 g/mol. The maximum absolute atomic E-state index is 14.0. The molecule has 2 aromatic rings. The number of hydrogen-bond acceptors (Lipinski definition) is 3. The van der Waals surface area contributed by atoms with Crippen molar-refractivity contribution >= 4 is 17.5 Å². The van der Waals surface area contributed by atoms with Crippen molar-refractivity contribution in [3.63, 3.8) is 0 Å². The van der Waals surface area contributed by atoms with Gasteiger partial charge < -0.3 is 14.4 Å². The Morgan fingerprint density at radius 1 is 1.40 bits per heavy atom. The Balaban J connectivity index is 1.84. The minimum atomic E-state index is -2.34. The van der Waals surface area contributed by atoms with Gasteiger partial charge in [0.25, 0.3) is 5.91 Å². The minimum Gasteiger partial charge on any atom is -0.479 e. The molecule has 7 heteroatoms. The van der Waals surface area contributed by atoms with Gasteiger partial charge in [-0.15, -0.1) is 0 Å². The van der Waals surface area contributed by atoms with Crippen LogP contribution in [0.5, 0.6) is 0 Å². The summed E-state index contributed by atoms with van der Waals surface area (Å²) in [5.41, 5.74) is -1.26. The summed E-state index contributed by atoms with van der Waals surface area (Å²) in [5, 5.41) is 8.83. The predicted octanol–water partition coefficient (Wildman–Crippen LogP) is 0.973. The lowest BCUT2D eigenvalue weighted by Gasteiger charge is -2.17. The highest BCUT2D eigenvalue weighted by molar-refractivity contribution is 5.95. The fourth-order valence-corrected chi connectivity index (χ4v) is 2.35. The molecule has 3 heterocycles. The second kappa shape index (κ2) is 4.29. The van der Waals surface area contributed by atoms with E-state index in [0.29, 0.717) is 11.2 Å². The molecule has 1 atom stereocenters. The van der Waals surface area contributed by atoms with Crippen LogP contribution < -0.4 is 0 Å². The molecule has 0 saturated carbocycles. The van der Waals surface area contributed by atoms with E-state index in [0.717, 1.165) is 0 Å².